The molecule has 1 atom stereocenters. The summed E-state index contributed by atoms with van der Waals surface area (Å²) >= 11 is 5.17. The molecular weight excluding hydrogens is 288 g/mol. The van der Waals surface area contributed by atoms with Crippen LogP contribution in [0.2, 0.25) is 0 Å². The molecular formula is C12H13BrO2S. The van der Waals surface area contributed by atoms with E-state index in [0.717, 1.165) is 28.0 Å². The largest absolute Gasteiger partial charge is 0.496 e. The van der Waals surface area contributed by atoms with E-state index < -0.39 is 0 Å². The number of halogens is 1. The Hall–Kier alpha value is -0.480. The molecule has 1 aromatic rings. The molecule has 1 aliphatic rings. The van der Waals surface area contributed by atoms with Crippen LogP contribution in [0.5, 0.6) is 5.75 Å². The number of ketones is 1. The Morgan fingerprint density at radius 3 is 3.00 bits per heavy atom. The van der Waals surface area contributed by atoms with Gasteiger partial charge in [-0.1, -0.05) is 15.9 Å². The van der Waals surface area contributed by atoms with Crippen molar-refractivity contribution in [1.82, 2.24) is 0 Å². The van der Waals surface area contributed by atoms with Crippen LogP contribution < -0.4 is 4.74 Å². The fourth-order valence-electron chi connectivity index (χ4n) is 1.86. The summed E-state index contributed by atoms with van der Waals surface area (Å²) in [6, 6.07) is 5.93. The highest BCUT2D eigenvalue weighted by molar-refractivity contribution is 9.10. The standard InChI is InChI=1S/C12H13BrO2S/c1-15-12-3-2-10(13)5-8(12)4-9-6-16-7-11(9)14/h2-3,5,9H,4,6-7H2,1H3. The zero-order chi connectivity index (χ0) is 11.5. The lowest BCUT2D eigenvalue weighted by Gasteiger charge is -2.11. The number of carbonyl (C=O) groups is 1. The Kier molecular flexibility index (Phi) is 3.92. The lowest BCUT2D eigenvalue weighted by atomic mass is 9.97. The van der Waals surface area contributed by atoms with Gasteiger partial charge in [-0.25, -0.2) is 0 Å². The van der Waals surface area contributed by atoms with Crippen molar-refractivity contribution in [2.24, 2.45) is 5.92 Å². The first-order valence-corrected chi connectivity index (χ1v) is 7.08. The highest BCUT2D eigenvalue weighted by Gasteiger charge is 2.26. The summed E-state index contributed by atoms with van der Waals surface area (Å²) in [5, 5.41) is 0. The van der Waals surface area contributed by atoms with E-state index in [1.165, 1.54) is 0 Å². The maximum atomic E-state index is 11.6. The Morgan fingerprint density at radius 1 is 1.56 bits per heavy atom. The van der Waals surface area contributed by atoms with Crippen LogP contribution in [0.3, 0.4) is 0 Å². The van der Waals surface area contributed by atoms with Gasteiger partial charge in [0, 0.05) is 16.1 Å². The van der Waals surface area contributed by atoms with Crippen molar-refractivity contribution in [1.29, 1.82) is 0 Å². The van der Waals surface area contributed by atoms with Gasteiger partial charge in [-0.05, 0) is 30.2 Å². The molecule has 0 spiro atoms. The minimum absolute atomic E-state index is 0.160. The monoisotopic (exact) mass is 300 g/mol. The molecule has 86 valence electrons. The number of methoxy groups -OCH3 is 1. The Morgan fingerprint density at radius 2 is 2.38 bits per heavy atom. The van der Waals surface area contributed by atoms with E-state index >= 15 is 0 Å². The molecule has 1 aromatic carbocycles. The zero-order valence-electron chi connectivity index (χ0n) is 9.03. The molecule has 1 fully saturated rings. The molecule has 1 aliphatic heterocycles. The van der Waals surface area contributed by atoms with Gasteiger partial charge in [-0.15, -0.1) is 0 Å². The number of hydrogen-bond acceptors (Lipinski definition) is 3. The van der Waals surface area contributed by atoms with E-state index in [2.05, 4.69) is 15.9 Å². The van der Waals surface area contributed by atoms with Crippen LogP contribution in [0.25, 0.3) is 0 Å². The molecule has 2 nitrogen and oxygen atoms in total. The zero-order valence-corrected chi connectivity index (χ0v) is 11.4. The summed E-state index contributed by atoms with van der Waals surface area (Å²) in [6.07, 6.45) is 0.786. The molecule has 0 aromatic heterocycles. The second kappa shape index (κ2) is 5.23. The van der Waals surface area contributed by atoms with E-state index in [9.17, 15) is 4.79 Å². The molecule has 0 N–H and O–H groups in total. The summed E-state index contributed by atoms with van der Waals surface area (Å²) in [6.45, 7) is 0. The van der Waals surface area contributed by atoms with Gasteiger partial charge in [0.25, 0.3) is 0 Å². The minimum atomic E-state index is 0.160. The summed E-state index contributed by atoms with van der Waals surface area (Å²) < 4.78 is 6.34. The van der Waals surface area contributed by atoms with Crippen LogP contribution in [0.1, 0.15) is 5.56 Å². The number of benzene rings is 1. The molecule has 2 rings (SSSR count). The van der Waals surface area contributed by atoms with Gasteiger partial charge in [0.2, 0.25) is 0 Å². The van der Waals surface area contributed by atoms with Gasteiger partial charge in [-0.3, -0.25) is 4.79 Å². The van der Waals surface area contributed by atoms with Gasteiger partial charge < -0.3 is 4.74 Å². The van der Waals surface area contributed by atoms with E-state index in [0.29, 0.717) is 11.5 Å². The summed E-state index contributed by atoms with van der Waals surface area (Å²) in [5.74, 6) is 3.00. The predicted molar refractivity (Wildman–Crippen MR) is 70.2 cm³/mol. The maximum absolute atomic E-state index is 11.6. The van der Waals surface area contributed by atoms with Crippen molar-refractivity contribution in [3.05, 3.63) is 28.2 Å². The molecule has 1 heterocycles. The molecule has 0 radical (unpaired) electrons. The van der Waals surface area contributed by atoms with Crippen molar-refractivity contribution in [3.8, 4) is 5.75 Å². The van der Waals surface area contributed by atoms with Crippen LogP contribution in [0.15, 0.2) is 22.7 Å². The van der Waals surface area contributed by atoms with Gasteiger partial charge >= 0.3 is 0 Å². The van der Waals surface area contributed by atoms with E-state index in [1.807, 2.05) is 18.2 Å². The third-order valence-electron chi connectivity index (χ3n) is 2.73. The second-order valence-corrected chi connectivity index (χ2v) is 5.78. The average Bonchev–Trinajstić information content (AvgIpc) is 2.65. The van der Waals surface area contributed by atoms with Crippen LogP contribution in [0.4, 0.5) is 0 Å². The van der Waals surface area contributed by atoms with Crippen LogP contribution in [-0.2, 0) is 11.2 Å². The van der Waals surface area contributed by atoms with Crippen LogP contribution in [0, 0.1) is 5.92 Å². The first kappa shape index (κ1) is 12.0. The van der Waals surface area contributed by atoms with Crippen molar-refractivity contribution in [3.63, 3.8) is 0 Å². The SMILES string of the molecule is COc1ccc(Br)cc1CC1CSCC1=O. The second-order valence-electron chi connectivity index (χ2n) is 3.84. The smallest absolute Gasteiger partial charge is 0.146 e. The quantitative estimate of drug-likeness (QED) is 0.858. The van der Waals surface area contributed by atoms with E-state index in [4.69, 9.17) is 4.74 Å². The molecule has 0 bridgehead atoms. The summed E-state index contributed by atoms with van der Waals surface area (Å²) in [5.41, 5.74) is 1.11. The maximum Gasteiger partial charge on any atom is 0.146 e. The normalized spacial score (nSPS) is 20.1. The molecule has 4 heteroatoms. The topological polar surface area (TPSA) is 26.3 Å². The third-order valence-corrected chi connectivity index (χ3v) is 4.35. The minimum Gasteiger partial charge on any atom is -0.496 e. The lowest BCUT2D eigenvalue weighted by molar-refractivity contribution is -0.119. The summed E-state index contributed by atoms with van der Waals surface area (Å²) in [4.78, 5) is 11.6. The number of Topliss-reactive ketones (excluding diaryl/α,β-unsaturated/α-hetero) is 1. The number of ether oxygens (including phenoxy) is 1. The van der Waals surface area contributed by atoms with Gasteiger partial charge in [0.15, 0.2) is 0 Å². The highest BCUT2D eigenvalue weighted by atomic mass is 79.9. The fraction of sp³-hybridized carbons (Fsp3) is 0.417. The van der Waals surface area contributed by atoms with Crippen LogP contribution >= 0.6 is 27.7 Å². The summed E-state index contributed by atoms with van der Waals surface area (Å²) in [7, 11) is 1.66. The first-order valence-electron chi connectivity index (χ1n) is 5.13. The van der Waals surface area contributed by atoms with Crippen molar-refractivity contribution in [2.75, 3.05) is 18.6 Å². The first-order chi connectivity index (χ1) is 7.70. The molecule has 1 unspecified atom stereocenters. The number of thioether (sulfide) groups is 1. The Balaban J connectivity index is 2.19. The van der Waals surface area contributed by atoms with Gasteiger partial charge in [0.05, 0.1) is 12.9 Å². The molecule has 16 heavy (non-hydrogen) atoms. The highest BCUT2D eigenvalue weighted by Crippen LogP contribution is 2.29. The van der Waals surface area contributed by atoms with Gasteiger partial charge in [-0.2, -0.15) is 11.8 Å². The molecule has 1 saturated heterocycles. The molecule has 0 aliphatic carbocycles. The Labute approximate surface area is 108 Å². The molecule has 0 saturated carbocycles. The Bertz CT molecular complexity index is 406. The average molecular weight is 301 g/mol. The third kappa shape index (κ3) is 2.61. The van der Waals surface area contributed by atoms with Crippen molar-refractivity contribution >= 4 is 33.5 Å². The predicted octanol–water partition coefficient (Wildman–Crippen LogP) is 2.93. The van der Waals surface area contributed by atoms with E-state index in [1.54, 1.807) is 18.9 Å². The van der Waals surface area contributed by atoms with Crippen LogP contribution in [-0.4, -0.2) is 24.4 Å². The van der Waals surface area contributed by atoms with Crippen molar-refractivity contribution < 1.29 is 9.53 Å². The molecule has 0 amide bonds. The number of rotatable bonds is 3. The van der Waals surface area contributed by atoms with E-state index in [-0.39, 0.29) is 5.92 Å². The fourth-order valence-corrected chi connectivity index (χ4v) is 3.41. The number of carbonyl (C=O) groups excluding carboxylic acids is 1. The lowest BCUT2D eigenvalue weighted by Crippen LogP contribution is -2.14. The number of hydrogen-bond donors (Lipinski definition) is 0. The van der Waals surface area contributed by atoms with Crippen molar-refractivity contribution in [2.45, 2.75) is 6.42 Å². The van der Waals surface area contributed by atoms with Gasteiger partial charge in [0.1, 0.15) is 11.5 Å².